The first-order valence-electron chi connectivity index (χ1n) is 7.76. The van der Waals surface area contributed by atoms with Crippen molar-refractivity contribution in [2.75, 3.05) is 7.05 Å². The molecule has 0 bridgehead atoms. The summed E-state index contributed by atoms with van der Waals surface area (Å²) in [4.78, 5) is 24.1. The third kappa shape index (κ3) is 4.07. The lowest BCUT2D eigenvalue weighted by atomic mass is 10.2. The molecule has 1 aromatic carbocycles. The van der Waals surface area contributed by atoms with Gasteiger partial charge in [0.2, 0.25) is 5.91 Å². The lowest BCUT2D eigenvalue weighted by molar-refractivity contribution is -0.130. The topological polar surface area (TPSA) is 46.1 Å². The summed E-state index contributed by atoms with van der Waals surface area (Å²) in [6, 6.07) is 10.1. The molecule has 1 amide bonds. The average molecular weight is 358 g/mol. The summed E-state index contributed by atoms with van der Waals surface area (Å²) in [5.74, 6) is 0.136. The van der Waals surface area contributed by atoms with Gasteiger partial charge in [0.15, 0.2) is 0 Å². The number of carbonyl (C=O) groups is 1. The van der Waals surface area contributed by atoms with Crippen LogP contribution < -0.4 is 0 Å². The number of amides is 1. The van der Waals surface area contributed by atoms with Crippen molar-refractivity contribution in [2.24, 2.45) is 0 Å². The maximum absolute atomic E-state index is 12.3. The molecule has 0 spiro atoms. The first-order valence-corrected chi connectivity index (χ1v) is 9.52. The van der Waals surface area contributed by atoms with Crippen molar-refractivity contribution in [3.05, 3.63) is 57.5 Å². The molecule has 0 saturated carbocycles. The maximum atomic E-state index is 12.3. The molecule has 0 aliphatic heterocycles. The van der Waals surface area contributed by atoms with Crippen LogP contribution in [0.1, 0.15) is 22.7 Å². The summed E-state index contributed by atoms with van der Waals surface area (Å²) in [5.41, 5.74) is 4.91. The van der Waals surface area contributed by atoms with Crippen LogP contribution in [0, 0.1) is 6.92 Å². The van der Waals surface area contributed by atoms with Crippen LogP contribution in [0.5, 0.6) is 0 Å². The Balaban J connectivity index is 1.56. The highest BCUT2D eigenvalue weighted by atomic mass is 32.1. The van der Waals surface area contributed by atoms with Gasteiger partial charge in [-0.25, -0.2) is 9.97 Å². The van der Waals surface area contributed by atoms with E-state index in [9.17, 15) is 4.79 Å². The van der Waals surface area contributed by atoms with Crippen molar-refractivity contribution >= 4 is 28.6 Å². The number of thiazole rings is 2. The van der Waals surface area contributed by atoms with E-state index in [1.807, 2.05) is 43.1 Å². The molecule has 3 aromatic rings. The van der Waals surface area contributed by atoms with Crippen LogP contribution in [0.4, 0.5) is 0 Å². The van der Waals surface area contributed by atoms with Crippen LogP contribution in [-0.2, 0) is 17.8 Å². The zero-order chi connectivity index (χ0) is 16.9. The fraction of sp³-hybridized carbons (Fsp3) is 0.278. The van der Waals surface area contributed by atoms with Crippen molar-refractivity contribution < 1.29 is 4.79 Å². The van der Waals surface area contributed by atoms with Crippen molar-refractivity contribution in [1.82, 2.24) is 14.9 Å². The van der Waals surface area contributed by atoms with Crippen LogP contribution in [0.15, 0.2) is 41.2 Å². The zero-order valence-corrected chi connectivity index (χ0v) is 15.4. The Hall–Kier alpha value is -2.05. The van der Waals surface area contributed by atoms with Crippen LogP contribution in [0.2, 0.25) is 0 Å². The summed E-state index contributed by atoms with van der Waals surface area (Å²) in [6.07, 6.45) is 1.27. The van der Waals surface area contributed by atoms with Gasteiger partial charge >= 0.3 is 0 Å². The molecule has 4 nitrogen and oxygen atoms in total. The highest BCUT2D eigenvalue weighted by molar-refractivity contribution is 7.13. The number of aryl methyl sites for hydroxylation is 2. The molecule has 0 atom stereocenters. The first kappa shape index (κ1) is 16.8. The Morgan fingerprint density at radius 3 is 2.71 bits per heavy atom. The van der Waals surface area contributed by atoms with E-state index < -0.39 is 0 Å². The van der Waals surface area contributed by atoms with Crippen LogP contribution in [0.3, 0.4) is 0 Å². The number of hydrogen-bond acceptors (Lipinski definition) is 5. The summed E-state index contributed by atoms with van der Waals surface area (Å²) < 4.78 is 0. The Morgan fingerprint density at radius 2 is 2.00 bits per heavy atom. The van der Waals surface area contributed by atoms with Gasteiger partial charge in [-0.05, 0) is 13.3 Å². The fourth-order valence-corrected chi connectivity index (χ4v) is 4.00. The highest BCUT2D eigenvalue weighted by Crippen LogP contribution is 2.24. The molecular formula is C18H19N3OS2. The molecule has 24 heavy (non-hydrogen) atoms. The largest absolute Gasteiger partial charge is 0.340 e. The van der Waals surface area contributed by atoms with Crippen molar-refractivity contribution in [2.45, 2.75) is 26.3 Å². The number of benzene rings is 1. The molecule has 0 radical (unpaired) electrons. The summed E-state index contributed by atoms with van der Waals surface area (Å²) in [7, 11) is 1.84. The molecule has 0 N–H and O–H groups in total. The van der Waals surface area contributed by atoms with Crippen molar-refractivity contribution in [1.29, 1.82) is 0 Å². The van der Waals surface area contributed by atoms with Gasteiger partial charge in [-0.3, -0.25) is 4.79 Å². The molecule has 0 saturated heterocycles. The van der Waals surface area contributed by atoms with Gasteiger partial charge in [-0.15, -0.1) is 22.7 Å². The van der Waals surface area contributed by atoms with E-state index in [0.717, 1.165) is 28.4 Å². The molecule has 0 aliphatic carbocycles. The Labute approximate surface area is 149 Å². The van der Waals surface area contributed by atoms with Gasteiger partial charge in [0.1, 0.15) is 5.01 Å². The van der Waals surface area contributed by atoms with Gasteiger partial charge in [0, 0.05) is 29.3 Å². The van der Waals surface area contributed by atoms with E-state index in [4.69, 9.17) is 0 Å². The van der Waals surface area contributed by atoms with E-state index >= 15 is 0 Å². The third-order valence-electron chi connectivity index (χ3n) is 3.81. The Bertz CT molecular complexity index is 811. The van der Waals surface area contributed by atoms with E-state index in [1.165, 1.54) is 4.88 Å². The Kier molecular flexibility index (Phi) is 5.37. The second-order valence-electron chi connectivity index (χ2n) is 5.62. The van der Waals surface area contributed by atoms with Gasteiger partial charge in [0.05, 0.1) is 23.4 Å². The lowest BCUT2D eigenvalue weighted by Gasteiger charge is -2.15. The summed E-state index contributed by atoms with van der Waals surface area (Å²) >= 11 is 3.23. The minimum atomic E-state index is 0.136. The van der Waals surface area contributed by atoms with Gasteiger partial charge in [-0.2, -0.15) is 0 Å². The number of carbonyl (C=O) groups excluding carboxylic acids is 1. The summed E-state index contributed by atoms with van der Waals surface area (Å²) in [5, 5.41) is 3.02. The predicted octanol–water partition coefficient (Wildman–Crippen LogP) is 4.17. The number of aromatic nitrogens is 2. The van der Waals surface area contributed by atoms with Crippen molar-refractivity contribution in [3.63, 3.8) is 0 Å². The fourth-order valence-electron chi connectivity index (χ4n) is 2.40. The minimum absolute atomic E-state index is 0.136. The Morgan fingerprint density at radius 1 is 1.21 bits per heavy atom. The molecule has 3 rings (SSSR count). The number of rotatable bonds is 6. The summed E-state index contributed by atoms with van der Waals surface area (Å²) in [6.45, 7) is 2.53. The maximum Gasteiger partial charge on any atom is 0.223 e. The van der Waals surface area contributed by atoms with Gasteiger partial charge in [0.25, 0.3) is 0 Å². The SMILES string of the molecule is Cc1ncsc1CCC(=O)N(C)Cc1csc(-c2ccccc2)n1. The third-order valence-corrected chi connectivity index (χ3v) is 5.74. The minimum Gasteiger partial charge on any atom is -0.340 e. The van der Waals surface area contributed by atoms with Crippen LogP contribution in [-0.4, -0.2) is 27.8 Å². The molecule has 2 aromatic heterocycles. The molecule has 0 aliphatic rings. The molecule has 124 valence electrons. The second kappa shape index (κ2) is 7.68. The standard InChI is InChI=1S/C18H19N3OS2/c1-13-16(24-12-19-13)8-9-17(22)21(2)10-15-11-23-18(20-15)14-6-4-3-5-7-14/h3-7,11-12H,8-10H2,1-2H3. The molecule has 2 heterocycles. The molecule has 6 heteroatoms. The number of nitrogens with zero attached hydrogens (tertiary/aromatic N) is 3. The second-order valence-corrected chi connectivity index (χ2v) is 7.42. The van der Waals surface area contributed by atoms with E-state index in [1.54, 1.807) is 27.6 Å². The molecule has 0 unspecified atom stereocenters. The van der Waals surface area contributed by atoms with Gasteiger partial charge < -0.3 is 4.90 Å². The lowest BCUT2D eigenvalue weighted by Crippen LogP contribution is -2.26. The van der Waals surface area contributed by atoms with Gasteiger partial charge in [-0.1, -0.05) is 30.3 Å². The quantitative estimate of drug-likeness (QED) is 0.665. The van der Waals surface area contributed by atoms with Crippen LogP contribution in [0.25, 0.3) is 10.6 Å². The first-order chi connectivity index (χ1) is 11.6. The normalized spacial score (nSPS) is 10.8. The van der Waals surface area contributed by atoms with E-state index in [-0.39, 0.29) is 5.91 Å². The van der Waals surface area contributed by atoms with Crippen molar-refractivity contribution in [3.8, 4) is 10.6 Å². The monoisotopic (exact) mass is 357 g/mol. The highest BCUT2D eigenvalue weighted by Gasteiger charge is 2.13. The molecule has 0 fully saturated rings. The molecular weight excluding hydrogens is 338 g/mol. The van der Waals surface area contributed by atoms with E-state index in [0.29, 0.717) is 13.0 Å². The number of hydrogen-bond donors (Lipinski definition) is 0. The average Bonchev–Trinajstić information content (AvgIpc) is 3.22. The predicted molar refractivity (Wildman–Crippen MR) is 99.2 cm³/mol. The van der Waals surface area contributed by atoms with E-state index in [2.05, 4.69) is 22.1 Å². The zero-order valence-electron chi connectivity index (χ0n) is 13.7. The smallest absolute Gasteiger partial charge is 0.223 e. The van der Waals surface area contributed by atoms with Crippen LogP contribution >= 0.6 is 22.7 Å².